The van der Waals surface area contributed by atoms with Gasteiger partial charge in [-0.1, -0.05) is 17.7 Å². The summed E-state index contributed by atoms with van der Waals surface area (Å²) >= 11 is 7.03. The molecule has 0 radical (unpaired) electrons. The average molecular weight is 331 g/mol. The van der Waals surface area contributed by atoms with Crippen molar-refractivity contribution in [3.8, 4) is 0 Å². The van der Waals surface area contributed by atoms with Gasteiger partial charge in [-0.2, -0.15) is 4.31 Å². The highest BCUT2D eigenvalue weighted by atomic mass is 35.5. The predicted octanol–water partition coefficient (Wildman–Crippen LogP) is 2.97. The number of sulfonamides is 1. The fourth-order valence-electron chi connectivity index (χ4n) is 1.65. The minimum atomic E-state index is -3.47. The Labute approximate surface area is 128 Å². The lowest BCUT2D eigenvalue weighted by molar-refractivity contribution is 0.472. The van der Waals surface area contributed by atoms with Crippen LogP contribution in [0.5, 0.6) is 0 Å². The van der Waals surface area contributed by atoms with E-state index in [1.807, 2.05) is 18.2 Å². The number of aromatic nitrogens is 1. The molecular formula is C13H15ClN2O2S2. The Balaban J connectivity index is 2.09. The van der Waals surface area contributed by atoms with Gasteiger partial charge in [0.1, 0.15) is 4.21 Å². The van der Waals surface area contributed by atoms with Gasteiger partial charge in [-0.05, 0) is 30.7 Å². The second-order valence-corrected chi connectivity index (χ2v) is 8.35. The third kappa shape index (κ3) is 3.38. The molecule has 0 aliphatic rings. The second kappa shape index (κ2) is 6.22. The fourth-order valence-corrected chi connectivity index (χ4v) is 4.74. The van der Waals surface area contributed by atoms with Gasteiger partial charge in [0, 0.05) is 31.9 Å². The number of nitrogens with zero attached hydrogens (tertiary/aromatic N) is 2. The van der Waals surface area contributed by atoms with Crippen molar-refractivity contribution in [1.29, 1.82) is 0 Å². The lowest BCUT2D eigenvalue weighted by atomic mass is 10.3. The quantitative estimate of drug-likeness (QED) is 0.847. The largest absolute Gasteiger partial charge is 0.261 e. The zero-order chi connectivity index (χ0) is 14.8. The highest BCUT2D eigenvalue weighted by molar-refractivity contribution is 7.91. The molecule has 0 saturated carbocycles. The van der Waals surface area contributed by atoms with E-state index in [2.05, 4.69) is 4.98 Å². The van der Waals surface area contributed by atoms with Gasteiger partial charge in [0.15, 0.2) is 0 Å². The maximum absolute atomic E-state index is 12.4. The number of hydrogen-bond donors (Lipinski definition) is 0. The van der Waals surface area contributed by atoms with Gasteiger partial charge in [-0.25, -0.2) is 8.42 Å². The summed E-state index contributed by atoms with van der Waals surface area (Å²) in [5, 5.41) is 0. The zero-order valence-corrected chi connectivity index (χ0v) is 13.6. The topological polar surface area (TPSA) is 50.3 Å². The maximum atomic E-state index is 12.4. The molecule has 0 unspecified atom stereocenters. The molecule has 0 N–H and O–H groups in total. The Bertz CT molecular complexity index is 664. The van der Waals surface area contributed by atoms with Crippen LogP contribution < -0.4 is 0 Å². The highest BCUT2D eigenvalue weighted by Crippen LogP contribution is 2.31. The Kier molecular flexibility index (Phi) is 4.80. The Morgan fingerprint density at radius 1 is 1.40 bits per heavy atom. The smallest absolute Gasteiger partial charge is 0.252 e. The zero-order valence-electron chi connectivity index (χ0n) is 11.2. The van der Waals surface area contributed by atoms with Gasteiger partial charge in [0.25, 0.3) is 10.0 Å². The lowest BCUT2D eigenvalue weighted by Gasteiger charge is -2.15. The summed E-state index contributed by atoms with van der Waals surface area (Å²) in [4.78, 5) is 4.18. The monoisotopic (exact) mass is 330 g/mol. The van der Waals surface area contributed by atoms with E-state index in [4.69, 9.17) is 11.6 Å². The van der Waals surface area contributed by atoms with Gasteiger partial charge in [-0.3, -0.25) is 4.98 Å². The molecule has 2 aromatic heterocycles. The van der Waals surface area contributed by atoms with Crippen molar-refractivity contribution < 1.29 is 8.42 Å². The van der Waals surface area contributed by atoms with Crippen molar-refractivity contribution >= 4 is 33.0 Å². The van der Waals surface area contributed by atoms with Crippen LogP contribution in [0.2, 0.25) is 4.34 Å². The molecule has 0 bridgehead atoms. The number of likely N-dealkylation sites (N-methyl/N-ethyl adjacent to an activating group) is 1. The molecule has 0 amide bonds. The number of hydrogen-bond acceptors (Lipinski definition) is 4. The molecule has 2 rings (SSSR count). The average Bonchev–Trinajstić information content (AvgIpc) is 2.78. The Hall–Kier alpha value is -0.950. The first kappa shape index (κ1) is 15.4. The minimum absolute atomic E-state index is 0.281. The SMILES string of the molecule is Cc1cc(S(=O)(=O)N(C)CCc2ccccn2)sc1Cl. The van der Waals surface area contributed by atoms with Gasteiger partial charge < -0.3 is 0 Å². The summed E-state index contributed by atoms with van der Waals surface area (Å²) in [5.74, 6) is 0. The molecule has 0 spiro atoms. The van der Waals surface area contributed by atoms with E-state index < -0.39 is 10.0 Å². The predicted molar refractivity (Wildman–Crippen MR) is 81.8 cm³/mol. The van der Waals surface area contributed by atoms with Gasteiger partial charge in [0.05, 0.1) is 4.34 Å². The first-order valence-corrected chi connectivity index (χ1v) is 8.67. The lowest BCUT2D eigenvalue weighted by Crippen LogP contribution is -2.28. The third-order valence-corrected chi connectivity index (χ3v) is 6.77. The standard InChI is InChI=1S/C13H15ClN2O2S2/c1-10-9-12(19-13(10)14)20(17,18)16(2)8-6-11-5-3-4-7-15-11/h3-5,7,9H,6,8H2,1-2H3. The van der Waals surface area contributed by atoms with E-state index >= 15 is 0 Å². The molecule has 7 heteroatoms. The van der Waals surface area contributed by atoms with Gasteiger partial charge in [-0.15, -0.1) is 11.3 Å². The van der Waals surface area contributed by atoms with E-state index in [-0.39, 0.29) is 4.21 Å². The summed E-state index contributed by atoms with van der Waals surface area (Å²) in [5.41, 5.74) is 1.66. The van der Waals surface area contributed by atoms with Crippen LogP contribution in [0, 0.1) is 6.92 Å². The van der Waals surface area contributed by atoms with Crippen molar-refractivity contribution in [3.63, 3.8) is 0 Å². The van der Waals surface area contributed by atoms with E-state index in [9.17, 15) is 8.42 Å². The molecule has 0 aliphatic carbocycles. The maximum Gasteiger partial charge on any atom is 0.252 e. The summed E-state index contributed by atoms with van der Waals surface area (Å²) in [6.07, 6.45) is 2.28. The molecule has 2 aromatic rings. The number of aryl methyl sites for hydroxylation is 1. The van der Waals surface area contributed by atoms with Crippen molar-refractivity contribution in [1.82, 2.24) is 9.29 Å². The van der Waals surface area contributed by atoms with Crippen LogP contribution in [0.4, 0.5) is 0 Å². The molecule has 0 atom stereocenters. The first-order valence-electron chi connectivity index (χ1n) is 6.03. The van der Waals surface area contributed by atoms with E-state index in [1.54, 1.807) is 26.2 Å². The third-order valence-electron chi connectivity index (χ3n) is 2.91. The molecule has 0 saturated heterocycles. The van der Waals surface area contributed by atoms with Crippen LogP contribution in [-0.2, 0) is 16.4 Å². The summed E-state index contributed by atoms with van der Waals surface area (Å²) in [6.45, 7) is 2.18. The van der Waals surface area contributed by atoms with E-state index in [1.165, 1.54) is 4.31 Å². The molecule has 20 heavy (non-hydrogen) atoms. The molecule has 2 heterocycles. The molecule has 0 fully saturated rings. The van der Waals surface area contributed by atoms with Crippen molar-refractivity contribution in [2.45, 2.75) is 17.6 Å². The van der Waals surface area contributed by atoms with Crippen LogP contribution in [0.1, 0.15) is 11.3 Å². The normalized spacial score (nSPS) is 12.0. The van der Waals surface area contributed by atoms with E-state index in [0.29, 0.717) is 17.3 Å². The van der Waals surface area contributed by atoms with Crippen molar-refractivity contribution in [3.05, 3.63) is 46.1 Å². The number of thiophene rings is 1. The van der Waals surface area contributed by atoms with Crippen LogP contribution in [-0.4, -0.2) is 31.3 Å². The number of rotatable bonds is 5. The minimum Gasteiger partial charge on any atom is -0.261 e. The molecule has 4 nitrogen and oxygen atoms in total. The summed E-state index contributed by atoms with van der Waals surface area (Å²) in [6, 6.07) is 7.21. The van der Waals surface area contributed by atoms with Gasteiger partial charge in [0.2, 0.25) is 0 Å². The first-order chi connectivity index (χ1) is 9.41. The van der Waals surface area contributed by atoms with Crippen LogP contribution >= 0.6 is 22.9 Å². The Morgan fingerprint density at radius 3 is 2.70 bits per heavy atom. The Morgan fingerprint density at radius 2 is 2.15 bits per heavy atom. The molecule has 0 aromatic carbocycles. The van der Waals surface area contributed by atoms with E-state index in [0.717, 1.165) is 22.6 Å². The van der Waals surface area contributed by atoms with Crippen LogP contribution in [0.25, 0.3) is 0 Å². The molecule has 108 valence electrons. The molecule has 0 aliphatic heterocycles. The number of pyridine rings is 1. The van der Waals surface area contributed by atoms with Crippen LogP contribution in [0.3, 0.4) is 0 Å². The van der Waals surface area contributed by atoms with Gasteiger partial charge >= 0.3 is 0 Å². The summed E-state index contributed by atoms with van der Waals surface area (Å²) < 4.78 is 26.9. The summed E-state index contributed by atoms with van der Waals surface area (Å²) in [7, 11) is -1.90. The fraction of sp³-hybridized carbons (Fsp3) is 0.308. The highest BCUT2D eigenvalue weighted by Gasteiger charge is 2.23. The van der Waals surface area contributed by atoms with Crippen molar-refractivity contribution in [2.75, 3.05) is 13.6 Å². The van der Waals surface area contributed by atoms with Crippen molar-refractivity contribution in [2.24, 2.45) is 0 Å². The van der Waals surface area contributed by atoms with Crippen LogP contribution in [0.15, 0.2) is 34.7 Å². The number of halogens is 1. The second-order valence-electron chi connectivity index (χ2n) is 4.42. The molecular weight excluding hydrogens is 316 g/mol.